The summed E-state index contributed by atoms with van der Waals surface area (Å²) in [4.78, 5) is 24.0. The Hall–Kier alpha value is -3.47. The van der Waals surface area contributed by atoms with Gasteiger partial charge < -0.3 is 24.7 Å². The van der Waals surface area contributed by atoms with Gasteiger partial charge in [-0.2, -0.15) is 5.26 Å². The van der Waals surface area contributed by atoms with Crippen LogP contribution in [0.4, 0.5) is 0 Å². The number of nitrogens with two attached hydrogens (primary N) is 1. The van der Waals surface area contributed by atoms with E-state index in [9.17, 15) is 14.9 Å². The van der Waals surface area contributed by atoms with Crippen LogP contribution in [0.1, 0.15) is 25.3 Å². The van der Waals surface area contributed by atoms with Crippen LogP contribution in [0.15, 0.2) is 47.1 Å². The van der Waals surface area contributed by atoms with E-state index in [-0.39, 0.29) is 36.0 Å². The number of para-hydroxylation sites is 1. The molecule has 0 spiro atoms. The van der Waals surface area contributed by atoms with Crippen molar-refractivity contribution in [1.29, 1.82) is 5.26 Å². The van der Waals surface area contributed by atoms with Crippen molar-refractivity contribution < 1.29 is 28.5 Å². The first kappa shape index (κ1) is 19.8. The van der Waals surface area contributed by atoms with Crippen molar-refractivity contribution in [2.45, 2.75) is 19.8 Å². The van der Waals surface area contributed by atoms with Crippen molar-refractivity contribution in [2.75, 3.05) is 20.3 Å². The Balaban J connectivity index is 2.57. The number of hydrogen-bond acceptors (Lipinski definition) is 8. The minimum atomic E-state index is -0.850. The lowest BCUT2D eigenvalue weighted by Crippen LogP contribution is -2.26. The second-order valence-corrected chi connectivity index (χ2v) is 5.52. The zero-order valence-corrected chi connectivity index (χ0v) is 15.3. The fourth-order valence-electron chi connectivity index (χ4n) is 2.71. The van der Waals surface area contributed by atoms with Crippen LogP contribution in [0.3, 0.4) is 0 Å². The number of carbonyl (C=O) groups is 2. The van der Waals surface area contributed by atoms with Gasteiger partial charge >= 0.3 is 11.9 Å². The van der Waals surface area contributed by atoms with Gasteiger partial charge in [0.15, 0.2) is 6.61 Å². The summed E-state index contributed by atoms with van der Waals surface area (Å²) in [5.74, 6) is -1.59. The molecule has 0 fully saturated rings. The Labute approximate surface area is 156 Å². The van der Waals surface area contributed by atoms with Crippen molar-refractivity contribution in [3.63, 3.8) is 0 Å². The van der Waals surface area contributed by atoms with Crippen LogP contribution in [0, 0.1) is 11.3 Å². The number of allylic oxidation sites excluding steroid dienone is 2. The second kappa shape index (κ2) is 8.76. The average Bonchev–Trinajstić information content (AvgIpc) is 2.65. The molecular weight excluding hydrogens is 352 g/mol. The van der Waals surface area contributed by atoms with Crippen LogP contribution < -0.4 is 10.5 Å². The molecule has 8 nitrogen and oxygen atoms in total. The summed E-state index contributed by atoms with van der Waals surface area (Å²) >= 11 is 0. The maximum Gasteiger partial charge on any atom is 0.343 e. The molecule has 1 aromatic carbocycles. The molecule has 1 unspecified atom stereocenters. The van der Waals surface area contributed by atoms with E-state index in [0.717, 1.165) is 0 Å². The summed E-state index contributed by atoms with van der Waals surface area (Å²) in [6.45, 7) is 3.08. The van der Waals surface area contributed by atoms with Gasteiger partial charge in [0.2, 0.25) is 5.88 Å². The molecule has 0 amide bonds. The number of benzene rings is 1. The van der Waals surface area contributed by atoms with E-state index in [1.54, 1.807) is 38.1 Å². The smallest absolute Gasteiger partial charge is 0.343 e. The minimum Gasteiger partial charge on any atom is -0.482 e. The van der Waals surface area contributed by atoms with Crippen molar-refractivity contribution in [3.05, 3.63) is 52.6 Å². The molecule has 1 aromatic rings. The molecule has 0 aliphatic carbocycles. The molecule has 8 heteroatoms. The Bertz CT molecular complexity index is 850. The van der Waals surface area contributed by atoms with Crippen molar-refractivity contribution in [2.24, 2.45) is 5.73 Å². The summed E-state index contributed by atoms with van der Waals surface area (Å²) < 4.78 is 20.6. The summed E-state index contributed by atoms with van der Waals surface area (Å²) in [7, 11) is 1.25. The van der Waals surface area contributed by atoms with Gasteiger partial charge in [-0.3, -0.25) is 0 Å². The van der Waals surface area contributed by atoms with Gasteiger partial charge in [-0.15, -0.1) is 0 Å². The summed E-state index contributed by atoms with van der Waals surface area (Å²) in [5.41, 5.74) is 6.55. The number of ether oxygens (including phenoxy) is 4. The fraction of sp³-hybridized carbons (Fsp3) is 0.316. The third kappa shape index (κ3) is 4.20. The molecule has 1 atom stereocenters. The number of methoxy groups -OCH3 is 1. The van der Waals surface area contributed by atoms with Crippen molar-refractivity contribution in [1.82, 2.24) is 0 Å². The first-order chi connectivity index (χ1) is 12.9. The van der Waals surface area contributed by atoms with Gasteiger partial charge in [-0.05, 0) is 19.9 Å². The number of esters is 2. The monoisotopic (exact) mass is 372 g/mol. The van der Waals surface area contributed by atoms with Crippen LogP contribution in [0.5, 0.6) is 5.75 Å². The maximum absolute atomic E-state index is 12.5. The van der Waals surface area contributed by atoms with E-state index in [0.29, 0.717) is 11.3 Å². The summed E-state index contributed by atoms with van der Waals surface area (Å²) in [6, 6.07) is 8.72. The van der Waals surface area contributed by atoms with Crippen LogP contribution in [0.2, 0.25) is 0 Å². The number of nitrogens with zero attached hydrogens (tertiary/aromatic N) is 1. The predicted molar refractivity (Wildman–Crippen MR) is 93.9 cm³/mol. The van der Waals surface area contributed by atoms with E-state index in [4.69, 9.17) is 19.9 Å². The third-order valence-corrected chi connectivity index (χ3v) is 3.90. The van der Waals surface area contributed by atoms with Crippen LogP contribution in [0.25, 0.3) is 0 Å². The van der Waals surface area contributed by atoms with Crippen molar-refractivity contribution in [3.8, 4) is 11.8 Å². The highest BCUT2D eigenvalue weighted by atomic mass is 16.6. The molecule has 1 aliphatic rings. The molecule has 27 heavy (non-hydrogen) atoms. The maximum atomic E-state index is 12.5. The molecule has 0 saturated heterocycles. The average molecular weight is 372 g/mol. The Kier molecular flexibility index (Phi) is 6.44. The first-order valence-electron chi connectivity index (χ1n) is 8.18. The van der Waals surface area contributed by atoms with Gasteiger partial charge in [0.25, 0.3) is 0 Å². The van der Waals surface area contributed by atoms with Gasteiger partial charge in [-0.25, -0.2) is 9.59 Å². The molecule has 142 valence electrons. The van der Waals surface area contributed by atoms with Crippen LogP contribution in [-0.2, 0) is 23.8 Å². The molecular formula is C19H20N2O6. The fourth-order valence-corrected chi connectivity index (χ4v) is 2.71. The number of nitriles is 1. The standard InChI is InChI=1S/C19H20N2O6/c1-4-25-19(23)16-11(2)27-18(21)13(9-20)17(16)12-7-5-6-8-14(12)26-10-15(22)24-3/h5-8,17H,4,10,21H2,1-3H3. The molecule has 1 heterocycles. The number of hydrogen-bond donors (Lipinski definition) is 1. The minimum absolute atomic E-state index is 0.0535. The molecule has 1 aliphatic heterocycles. The van der Waals surface area contributed by atoms with Gasteiger partial charge in [-0.1, -0.05) is 18.2 Å². The van der Waals surface area contributed by atoms with Crippen LogP contribution in [-0.4, -0.2) is 32.3 Å². The topological polar surface area (TPSA) is 121 Å². The highest BCUT2D eigenvalue weighted by Crippen LogP contribution is 2.42. The second-order valence-electron chi connectivity index (χ2n) is 5.52. The number of carbonyl (C=O) groups excluding carboxylic acids is 2. The third-order valence-electron chi connectivity index (χ3n) is 3.90. The van der Waals surface area contributed by atoms with Gasteiger partial charge in [0.1, 0.15) is 23.2 Å². The SMILES string of the molecule is CCOC(=O)C1=C(C)OC(N)=C(C#N)C1c1ccccc1OCC(=O)OC. The highest BCUT2D eigenvalue weighted by Gasteiger charge is 2.37. The summed E-state index contributed by atoms with van der Waals surface area (Å²) in [6.07, 6.45) is 0. The van der Waals surface area contributed by atoms with E-state index >= 15 is 0 Å². The Morgan fingerprint density at radius 3 is 2.67 bits per heavy atom. The first-order valence-corrected chi connectivity index (χ1v) is 8.18. The molecule has 0 saturated carbocycles. The quantitative estimate of drug-likeness (QED) is 0.751. The normalized spacial score (nSPS) is 16.3. The van der Waals surface area contributed by atoms with E-state index < -0.39 is 17.9 Å². The Morgan fingerprint density at radius 2 is 2.04 bits per heavy atom. The van der Waals surface area contributed by atoms with E-state index in [2.05, 4.69) is 4.74 Å². The molecule has 0 radical (unpaired) electrons. The molecule has 2 N–H and O–H groups in total. The van der Waals surface area contributed by atoms with Crippen molar-refractivity contribution >= 4 is 11.9 Å². The van der Waals surface area contributed by atoms with E-state index in [1.807, 2.05) is 6.07 Å². The van der Waals surface area contributed by atoms with Gasteiger partial charge in [0, 0.05) is 5.56 Å². The highest BCUT2D eigenvalue weighted by molar-refractivity contribution is 5.92. The van der Waals surface area contributed by atoms with Gasteiger partial charge in [0.05, 0.1) is 25.2 Å². The summed E-state index contributed by atoms with van der Waals surface area (Å²) in [5, 5.41) is 9.60. The Morgan fingerprint density at radius 1 is 1.33 bits per heavy atom. The number of rotatable bonds is 6. The zero-order valence-electron chi connectivity index (χ0n) is 15.3. The molecule has 2 rings (SSSR count). The zero-order chi connectivity index (χ0) is 20.0. The molecule has 0 bridgehead atoms. The van der Waals surface area contributed by atoms with Crippen LogP contribution >= 0.6 is 0 Å². The lowest BCUT2D eigenvalue weighted by atomic mass is 9.82. The predicted octanol–water partition coefficient (Wildman–Crippen LogP) is 1.88. The largest absolute Gasteiger partial charge is 0.482 e. The molecule has 0 aromatic heterocycles. The lowest BCUT2D eigenvalue weighted by molar-refractivity contribution is -0.143. The lowest BCUT2D eigenvalue weighted by Gasteiger charge is -2.27. The van der Waals surface area contributed by atoms with E-state index in [1.165, 1.54) is 7.11 Å².